The first-order valence-electron chi connectivity index (χ1n) is 8.60. The fourth-order valence-corrected chi connectivity index (χ4v) is 3.41. The lowest BCUT2D eigenvalue weighted by Gasteiger charge is -2.20. The highest BCUT2D eigenvalue weighted by Gasteiger charge is 2.14. The van der Waals surface area contributed by atoms with Gasteiger partial charge in [0.1, 0.15) is 0 Å². The Morgan fingerprint density at radius 1 is 0.500 bits per heavy atom. The molecule has 2 aromatic rings. The summed E-state index contributed by atoms with van der Waals surface area (Å²) in [6, 6.07) is 18.2. The minimum absolute atomic E-state index is 1.21. The van der Waals surface area contributed by atoms with E-state index in [0.717, 1.165) is 0 Å². The van der Waals surface area contributed by atoms with Crippen molar-refractivity contribution >= 4 is 11.1 Å². The summed E-state index contributed by atoms with van der Waals surface area (Å²) in [5, 5.41) is 0. The number of hydrogen-bond donors (Lipinski definition) is 0. The Bertz CT molecular complexity index is 582. The summed E-state index contributed by atoms with van der Waals surface area (Å²) in [6.45, 7) is 4.33. The van der Waals surface area contributed by atoms with Crippen LogP contribution in [0.25, 0.3) is 11.1 Å². The fraction of sp³-hybridized carbons (Fsp3) is 0.364. The summed E-state index contributed by atoms with van der Waals surface area (Å²) in [6.07, 6.45) is 7.81. The number of benzene rings is 2. The third-order valence-corrected chi connectivity index (χ3v) is 4.77. The third kappa shape index (κ3) is 3.50. The molecule has 0 aromatic heterocycles. The van der Waals surface area contributed by atoms with E-state index in [0.29, 0.717) is 0 Å². The molecular weight excluding hydrogens is 264 g/mol. The van der Waals surface area contributed by atoms with Crippen LogP contribution in [-0.4, -0.2) is 0 Å². The third-order valence-electron chi connectivity index (χ3n) is 4.77. The molecule has 22 heavy (non-hydrogen) atoms. The quantitative estimate of drug-likeness (QED) is 0.587. The first-order valence-corrected chi connectivity index (χ1v) is 8.60. The summed E-state index contributed by atoms with van der Waals surface area (Å²) in [5.74, 6) is 0. The first kappa shape index (κ1) is 15.1. The monoisotopic (exact) mass is 290 g/mol. The predicted octanol–water partition coefficient (Wildman–Crippen LogP) is 6.57. The molecule has 0 fully saturated rings. The largest absolute Gasteiger partial charge is 0.0587 e. The van der Waals surface area contributed by atoms with Gasteiger partial charge in [0.25, 0.3) is 0 Å². The van der Waals surface area contributed by atoms with Crippen molar-refractivity contribution in [1.29, 1.82) is 0 Å². The second-order valence-electron chi connectivity index (χ2n) is 6.60. The van der Waals surface area contributed by atoms with Gasteiger partial charge in [-0.05, 0) is 61.8 Å². The molecule has 0 radical (unpaired) electrons. The molecule has 0 spiro atoms. The van der Waals surface area contributed by atoms with Gasteiger partial charge in [-0.2, -0.15) is 0 Å². The van der Waals surface area contributed by atoms with Gasteiger partial charge in [0.15, 0.2) is 0 Å². The Labute approximate surface area is 134 Å². The Morgan fingerprint density at radius 2 is 0.864 bits per heavy atom. The molecule has 0 saturated heterocycles. The van der Waals surface area contributed by atoms with Crippen LogP contribution in [0.4, 0.5) is 0 Å². The Hall–Kier alpha value is -1.82. The number of rotatable bonds is 2. The van der Waals surface area contributed by atoms with Gasteiger partial charge in [0.2, 0.25) is 0 Å². The predicted molar refractivity (Wildman–Crippen MR) is 96.9 cm³/mol. The number of aryl methyl sites for hydroxylation is 2. The molecule has 0 aliphatic heterocycles. The van der Waals surface area contributed by atoms with Crippen molar-refractivity contribution in [2.24, 2.45) is 0 Å². The standard InChI is InChI=1S/C22H26/c1-17-9-13-19(14-10-17)21-7-5-3-4-6-8-22(21)20-15-11-18(2)12-16-20/h9-16H,3-8H2,1-2H3. The lowest BCUT2D eigenvalue weighted by atomic mass is 9.85. The SMILES string of the molecule is Cc1ccc(C2=C(c3ccc(C)cc3)CCCCCC2)cc1. The highest BCUT2D eigenvalue weighted by atomic mass is 14.2. The van der Waals surface area contributed by atoms with Gasteiger partial charge < -0.3 is 0 Å². The molecule has 3 rings (SSSR count). The van der Waals surface area contributed by atoms with E-state index >= 15 is 0 Å². The van der Waals surface area contributed by atoms with Gasteiger partial charge in [0, 0.05) is 0 Å². The van der Waals surface area contributed by atoms with Crippen molar-refractivity contribution < 1.29 is 0 Å². The van der Waals surface area contributed by atoms with E-state index in [1.165, 1.54) is 60.8 Å². The second kappa shape index (κ2) is 6.96. The molecule has 0 heterocycles. The van der Waals surface area contributed by atoms with Crippen LogP contribution in [0.1, 0.15) is 60.8 Å². The van der Waals surface area contributed by atoms with Crippen molar-refractivity contribution in [3.63, 3.8) is 0 Å². The minimum atomic E-state index is 1.21. The molecule has 2 aromatic carbocycles. The normalized spacial score (nSPS) is 16.3. The van der Waals surface area contributed by atoms with E-state index in [2.05, 4.69) is 62.4 Å². The first-order chi connectivity index (χ1) is 10.7. The molecule has 0 atom stereocenters. The summed E-state index contributed by atoms with van der Waals surface area (Å²) >= 11 is 0. The highest BCUT2D eigenvalue weighted by Crippen LogP contribution is 2.36. The van der Waals surface area contributed by atoms with Crippen molar-refractivity contribution in [2.45, 2.75) is 52.4 Å². The molecule has 1 aliphatic carbocycles. The molecule has 0 unspecified atom stereocenters. The van der Waals surface area contributed by atoms with E-state index in [-0.39, 0.29) is 0 Å². The van der Waals surface area contributed by atoms with Gasteiger partial charge in [-0.25, -0.2) is 0 Å². The van der Waals surface area contributed by atoms with Gasteiger partial charge in [0.05, 0.1) is 0 Å². The van der Waals surface area contributed by atoms with Crippen molar-refractivity contribution in [2.75, 3.05) is 0 Å². The van der Waals surface area contributed by atoms with E-state index in [4.69, 9.17) is 0 Å². The Morgan fingerprint density at radius 3 is 1.23 bits per heavy atom. The van der Waals surface area contributed by atoms with Crippen LogP contribution in [0.3, 0.4) is 0 Å². The molecular formula is C22H26. The number of allylic oxidation sites excluding steroid dienone is 2. The number of hydrogen-bond acceptors (Lipinski definition) is 0. The lowest BCUT2D eigenvalue weighted by molar-refractivity contribution is 0.649. The lowest BCUT2D eigenvalue weighted by Crippen LogP contribution is -1.98. The second-order valence-corrected chi connectivity index (χ2v) is 6.60. The van der Waals surface area contributed by atoms with Crippen LogP contribution in [0.5, 0.6) is 0 Å². The maximum absolute atomic E-state index is 2.31. The van der Waals surface area contributed by atoms with Gasteiger partial charge >= 0.3 is 0 Å². The maximum atomic E-state index is 2.31. The van der Waals surface area contributed by atoms with Crippen molar-refractivity contribution in [3.8, 4) is 0 Å². The molecule has 0 N–H and O–H groups in total. The van der Waals surface area contributed by atoms with Crippen LogP contribution >= 0.6 is 0 Å². The summed E-state index contributed by atoms with van der Waals surface area (Å²) < 4.78 is 0. The fourth-order valence-electron chi connectivity index (χ4n) is 3.41. The average Bonchev–Trinajstić information content (AvgIpc) is 2.50. The van der Waals surface area contributed by atoms with E-state index in [1.807, 2.05) is 0 Å². The van der Waals surface area contributed by atoms with E-state index in [9.17, 15) is 0 Å². The van der Waals surface area contributed by atoms with Crippen LogP contribution < -0.4 is 0 Å². The maximum Gasteiger partial charge on any atom is -0.0221 e. The van der Waals surface area contributed by atoms with Crippen LogP contribution in [0, 0.1) is 13.8 Å². The van der Waals surface area contributed by atoms with Gasteiger partial charge in [-0.1, -0.05) is 72.5 Å². The molecule has 0 bridgehead atoms. The zero-order chi connectivity index (χ0) is 15.4. The van der Waals surface area contributed by atoms with Crippen LogP contribution in [0.2, 0.25) is 0 Å². The average molecular weight is 290 g/mol. The zero-order valence-corrected chi connectivity index (χ0v) is 13.9. The topological polar surface area (TPSA) is 0 Å². The van der Waals surface area contributed by atoms with Crippen molar-refractivity contribution in [3.05, 3.63) is 70.8 Å². The van der Waals surface area contributed by atoms with Crippen LogP contribution in [-0.2, 0) is 0 Å². The highest BCUT2D eigenvalue weighted by molar-refractivity contribution is 5.91. The zero-order valence-electron chi connectivity index (χ0n) is 13.9. The van der Waals surface area contributed by atoms with E-state index < -0.39 is 0 Å². The summed E-state index contributed by atoms with van der Waals surface area (Å²) in [4.78, 5) is 0. The Kier molecular flexibility index (Phi) is 4.77. The molecule has 114 valence electrons. The Balaban J connectivity index is 2.08. The molecule has 0 heteroatoms. The van der Waals surface area contributed by atoms with Crippen molar-refractivity contribution in [1.82, 2.24) is 0 Å². The smallest absolute Gasteiger partial charge is 0.0221 e. The summed E-state index contributed by atoms with van der Waals surface area (Å²) in [7, 11) is 0. The van der Waals surface area contributed by atoms with Crippen LogP contribution in [0.15, 0.2) is 48.5 Å². The van der Waals surface area contributed by atoms with Gasteiger partial charge in [-0.15, -0.1) is 0 Å². The van der Waals surface area contributed by atoms with E-state index in [1.54, 1.807) is 11.1 Å². The molecule has 0 nitrogen and oxygen atoms in total. The summed E-state index contributed by atoms with van der Waals surface area (Å²) in [5.41, 5.74) is 8.66. The minimum Gasteiger partial charge on any atom is -0.0587 e. The molecule has 0 amide bonds. The molecule has 1 aliphatic rings. The molecule has 0 saturated carbocycles. The van der Waals surface area contributed by atoms with Gasteiger partial charge in [-0.3, -0.25) is 0 Å².